The number of likely N-dealkylation sites (tertiary alicyclic amines) is 1. The lowest BCUT2D eigenvalue weighted by Crippen LogP contribution is -2.30. The highest BCUT2D eigenvalue weighted by molar-refractivity contribution is 5.06. The van der Waals surface area contributed by atoms with Gasteiger partial charge in [0.1, 0.15) is 6.10 Å². The van der Waals surface area contributed by atoms with Crippen LogP contribution >= 0.6 is 0 Å². The predicted molar refractivity (Wildman–Crippen MR) is 59.0 cm³/mol. The fourth-order valence-corrected chi connectivity index (χ4v) is 1.74. The average molecular weight is 195 g/mol. The highest BCUT2D eigenvalue weighted by Gasteiger charge is 2.07. The maximum Gasteiger partial charge on any atom is 0.114 e. The fourth-order valence-electron chi connectivity index (χ4n) is 1.74. The Hall–Kier alpha value is -0.520. The number of piperidine rings is 1. The third kappa shape index (κ3) is 4.64. The zero-order chi connectivity index (χ0) is 10.2. The lowest BCUT2D eigenvalue weighted by molar-refractivity contribution is 0.220. The molecule has 1 N–H and O–H groups in total. The van der Waals surface area contributed by atoms with E-state index in [-0.39, 0.29) is 0 Å². The van der Waals surface area contributed by atoms with Gasteiger partial charge in [-0.2, -0.15) is 0 Å². The van der Waals surface area contributed by atoms with Crippen molar-refractivity contribution in [1.82, 2.24) is 4.90 Å². The van der Waals surface area contributed by atoms with Crippen LogP contribution in [0.15, 0.2) is 0 Å². The Bertz CT molecular complexity index is 198. The van der Waals surface area contributed by atoms with E-state index in [2.05, 4.69) is 23.7 Å². The average Bonchev–Trinajstić information content (AvgIpc) is 2.20. The Morgan fingerprint density at radius 3 is 2.64 bits per heavy atom. The Balaban J connectivity index is 2.16. The minimum Gasteiger partial charge on any atom is -0.380 e. The number of aliphatic hydroxyl groups is 1. The van der Waals surface area contributed by atoms with Gasteiger partial charge in [-0.05, 0) is 32.4 Å². The minimum atomic E-state index is -0.412. The van der Waals surface area contributed by atoms with Crippen molar-refractivity contribution >= 4 is 0 Å². The molecule has 0 radical (unpaired) electrons. The highest BCUT2D eigenvalue weighted by atomic mass is 16.3. The molecule has 1 aliphatic heterocycles. The monoisotopic (exact) mass is 195 g/mol. The maximum absolute atomic E-state index is 9.39. The van der Waals surface area contributed by atoms with E-state index < -0.39 is 6.10 Å². The Labute approximate surface area is 87.3 Å². The van der Waals surface area contributed by atoms with Crippen molar-refractivity contribution in [2.24, 2.45) is 0 Å². The molecule has 1 rings (SSSR count). The lowest BCUT2D eigenvalue weighted by atomic mass is 10.1. The van der Waals surface area contributed by atoms with Crippen molar-refractivity contribution in [3.63, 3.8) is 0 Å². The van der Waals surface area contributed by atoms with Gasteiger partial charge in [-0.15, -0.1) is 0 Å². The first kappa shape index (κ1) is 11.6. The van der Waals surface area contributed by atoms with Crippen LogP contribution in [0.3, 0.4) is 0 Å². The molecule has 2 heteroatoms. The second-order valence-corrected chi connectivity index (χ2v) is 3.96. The molecule has 14 heavy (non-hydrogen) atoms. The SMILES string of the molecule is CCCC(O)C#CCN1CCCCC1. The highest BCUT2D eigenvalue weighted by Crippen LogP contribution is 2.07. The van der Waals surface area contributed by atoms with Crippen molar-refractivity contribution in [2.75, 3.05) is 19.6 Å². The van der Waals surface area contributed by atoms with E-state index in [0.29, 0.717) is 0 Å². The van der Waals surface area contributed by atoms with Crippen molar-refractivity contribution in [2.45, 2.75) is 45.1 Å². The molecule has 0 spiro atoms. The van der Waals surface area contributed by atoms with Crippen LogP contribution in [0.2, 0.25) is 0 Å². The van der Waals surface area contributed by atoms with Gasteiger partial charge in [0.2, 0.25) is 0 Å². The van der Waals surface area contributed by atoms with E-state index in [9.17, 15) is 5.11 Å². The predicted octanol–water partition coefficient (Wildman–Crippen LogP) is 1.64. The first-order valence-electron chi connectivity index (χ1n) is 5.71. The summed E-state index contributed by atoms with van der Waals surface area (Å²) < 4.78 is 0. The summed E-state index contributed by atoms with van der Waals surface area (Å²) in [7, 11) is 0. The maximum atomic E-state index is 9.39. The van der Waals surface area contributed by atoms with Crippen LogP contribution in [-0.2, 0) is 0 Å². The molecule has 0 aromatic carbocycles. The van der Waals surface area contributed by atoms with E-state index in [1.807, 2.05) is 0 Å². The summed E-state index contributed by atoms with van der Waals surface area (Å²) >= 11 is 0. The van der Waals surface area contributed by atoms with Crippen LogP contribution in [-0.4, -0.2) is 35.7 Å². The molecule has 0 saturated carbocycles. The summed E-state index contributed by atoms with van der Waals surface area (Å²) in [5.41, 5.74) is 0. The second-order valence-electron chi connectivity index (χ2n) is 3.96. The van der Waals surface area contributed by atoms with Crippen molar-refractivity contribution in [3.05, 3.63) is 0 Å². The normalized spacial score (nSPS) is 19.9. The Morgan fingerprint density at radius 2 is 2.00 bits per heavy atom. The third-order valence-electron chi connectivity index (χ3n) is 2.58. The Kier molecular flexibility index (Phi) is 5.66. The van der Waals surface area contributed by atoms with Crippen molar-refractivity contribution in [3.8, 4) is 11.8 Å². The van der Waals surface area contributed by atoms with E-state index >= 15 is 0 Å². The number of rotatable bonds is 3. The van der Waals surface area contributed by atoms with Crippen LogP contribution < -0.4 is 0 Å². The van der Waals surface area contributed by atoms with Gasteiger partial charge in [0.15, 0.2) is 0 Å². The number of aliphatic hydroxyl groups excluding tert-OH is 1. The molecular formula is C12H21NO. The van der Waals surface area contributed by atoms with Gasteiger partial charge >= 0.3 is 0 Å². The zero-order valence-electron chi connectivity index (χ0n) is 9.13. The lowest BCUT2D eigenvalue weighted by Gasteiger charge is -2.23. The molecule has 1 aliphatic rings. The molecule has 1 fully saturated rings. The quantitative estimate of drug-likeness (QED) is 0.692. The van der Waals surface area contributed by atoms with Gasteiger partial charge in [-0.1, -0.05) is 31.6 Å². The van der Waals surface area contributed by atoms with E-state index in [4.69, 9.17) is 0 Å². The molecule has 0 aliphatic carbocycles. The van der Waals surface area contributed by atoms with Crippen LogP contribution in [0, 0.1) is 11.8 Å². The molecule has 0 bridgehead atoms. The summed E-state index contributed by atoms with van der Waals surface area (Å²) in [5, 5.41) is 9.39. The molecule has 1 heterocycles. The smallest absolute Gasteiger partial charge is 0.114 e. The number of hydrogen-bond donors (Lipinski definition) is 1. The van der Waals surface area contributed by atoms with Gasteiger partial charge in [0.05, 0.1) is 6.54 Å². The first-order chi connectivity index (χ1) is 6.83. The molecule has 1 unspecified atom stereocenters. The van der Waals surface area contributed by atoms with Gasteiger partial charge in [-0.3, -0.25) is 4.90 Å². The van der Waals surface area contributed by atoms with Crippen molar-refractivity contribution in [1.29, 1.82) is 0 Å². The summed E-state index contributed by atoms with van der Waals surface area (Å²) in [6.45, 7) is 5.26. The Morgan fingerprint density at radius 1 is 1.29 bits per heavy atom. The van der Waals surface area contributed by atoms with E-state index in [0.717, 1.165) is 19.4 Å². The van der Waals surface area contributed by atoms with Crippen LogP contribution in [0.1, 0.15) is 39.0 Å². The zero-order valence-corrected chi connectivity index (χ0v) is 9.13. The second kappa shape index (κ2) is 6.86. The van der Waals surface area contributed by atoms with E-state index in [1.165, 1.54) is 32.4 Å². The molecule has 80 valence electrons. The summed E-state index contributed by atoms with van der Waals surface area (Å²) in [4.78, 5) is 2.37. The molecule has 1 saturated heterocycles. The largest absolute Gasteiger partial charge is 0.380 e. The fraction of sp³-hybridized carbons (Fsp3) is 0.833. The van der Waals surface area contributed by atoms with E-state index in [1.54, 1.807) is 0 Å². The van der Waals surface area contributed by atoms with Gasteiger partial charge < -0.3 is 5.11 Å². The summed E-state index contributed by atoms with van der Waals surface area (Å²) in [6, 6.07) is 0. The third-order valence-corrected chi connectivity index (χ3v) is 2.58. The number of hydrogen-bond acceptors (Lipinski definition) is 2. The summed E-state index contributed by atoms with van der Waals surface area (Å²) in [5.74, 6) is 5.96. The molecule has 0 amide bonds. The molecule has 0 aromatic rings. The first-order valence-corrected chi connectivity index (χ1v) is 5.71. The topological polar surface area (TPSA) is 23.5 Å². The van der Waals surface area contributed by atoms with Gasteiger partial charge in [0, 0.05) is 0 Å². The van der Waals surface area contributed by atoms with Crippen LogP contribution in [0.25, 0.3) is 0 Å². The minimum absolute atomic E-state index is 0.412. The van der Waals surface area contributed by atoms with Crippen molar-refractivity contribution < 1.29 is 5.11 Å². The molecule has 1 atom stereocenters. The molecular weight excluding hydrogens is 174 g/mol. The van der Waals surface area contributed by atoms with Gasteiger partial charge in [-0.25, -0.2) is 0 Å². The standard InChI is InChI=1S/C12H21NO/c1-2-7-12(14)8-6-11-13-9-4-3-5-10-13/h12,14H,2-5,7,9-11H2,1H3. The van der Waals surface area contributed by atoms with Gasteiger partial charge in [0.25, 0.3) is 0 Å². The number of nitrogens with zero attached hydrogens (tertiary/aromatic N) is 1. The van der Waals surface area contributed by atoms with Crippen LogP contribution in [0.5, 0.6) is 0 Å². The molecule has 0 aromatic heterocycles. The summed E-state index contributed by atoms with van der Waals surface area (Å²) in [6.07, 6.45) is 5.36. The molecule has 2 nitrogen and oxygen atoms in total. The van der Waals surface area contributed by atoms with Crippen LogP contribution in [0.4, 0.5) is 0 Å².